The van der Waals surface area contributed by atoms with E-state index in [4.69, 9.17) is 11.6 Å². The van der Waals surface area contributed by atoms with Crippen molar-refractivity contribution >= 4 is 21.4 Å². The molecule has 1 fully saturated rings. The van der Waals surface area contributed by atoms with Crippen LogP contribution in [-0.2, 0) is 9.84 Å². The number of halogens is 1. The van der Waals surface area contributed by atoms with Gasteiger partial charge in [0.05, 0.1) is 11.5 Å². The molecule has 1 rings (SSSR count). The highest BCUT2D eigenvalue weighted by Crippen LogP contribution is 2.30. The molecule has 0 aliphatic carbocycles. The zero-order valence-electron chi connectivity index (χ0n) is 9.41. The Kier molecular flexibility index (Phi) is 5.41. The van der Waals surface area contributed by atoms with Crippen LogP contribution in [0.5, 0.6) is 0 Å². The second-order valence-electron chi connectivity index (χ2n) is 4.57. The number of rotatable bonds is 6. The van der Waals surface area contributed by atoms with E-state index in [2.05, 4.69) is 6.92 Å². The van der Waals surface area contributed by atoms with Gasteiger partial charge in [0.25, 0.3) is 0 Å². The Morgan fingerprint density at radius 3 is 2.60 bits per heavy atom. The molecule has 0 aromatic rings. The fourth-order valence-corrected chi connectivity index (χ4v) is 4.62. The maximum atomic E-state index is 11.3. The predicted octanol–water partition coefficient (Wildman–Crippen LogP) is 2.86. The SMILES string of the molecule is CCCCCC(CCl)C1CCS(=O)(=O)C1. The van der Waals surface area contributed by atoms with Gasteiger partial charge >= 0.3 is 0 Å². The fraction of sp³-hybridized carbons (Fsp3) is 1.00. The zero-order valence-corrected chi connectivity index (χ0v) is 11.0. The first kappa shape index (κ1) is 13.3. The van der Waals surface area contributed by atoms with Crippen molar-refractivity contribution in [3.8, 4) is 0 Å². The molecule has 2 unspecified atom stereocenters. The van der Waals surface area contributed by atoms with Gasteiger partial charge in [0.2, 0.25) is 0 Å². The molecule has 1 aliphatic rings. The minimum absolute atomic E-state index is 0.323. The Morgan fingerprint density at radius 2 is 2.13 bits per heavy atom. The molecule has 0 aromatic carbocycles. The van der Waals surface area contributed by atoms with Crippen LogP contribution in [0, 0.1) is 11.8 Å². The molecule has 0 aromatic heterocycles. The van der Waals surface area contributed by atoms with Crippen molar-refractivity contribution in [2.75, 3.05) is 17.4 Å². The molecule has 0 amide bonds. The molecule has 0 saturated carbocycles. The molecule has 0 N–H and O–H groups in total. The maximum absolute atomic E-state index is 11.3. The van der Waals surface area contributed by atoms with Crippen LogP contribution in [0.4, 0.5) is 0 Å². The first-order chi connectivity index (χ1) is 7.09. The summed E-state index contributed by atoms with van der Waals surface area (Å²) in [6.07, 6.45) is 5.54. The van der Waals surface area contributed by atoms with Gasteiger partial charge in [0.1, 0.15) is 0 Å². The van der Waals surface area contributed by atoms with Crippen molar-refractivity contribution in [1.82, 2.24) is 0 Å². The average molecular weight is 253 g/mol. The van der Waals surface area contributed by atoms with Gasteiger partial charge < -0.3 is 0 Å². The summed E-state index contributed by atoms with van der Waals surface area (Å²) in [5.41, 5.74) is 0. The summed E-state index contributed by atoms with van der Waals surface area (Å²) < 4.78 is 22.7. The number of hydrogen-bond acceptors (Lipinski definition) is 2. The van der Waals surface area contributed by atoms with E-state index >= 15 is 0 Å². The molecule has 15 heavy (non-hydrogen) atoms. The molecule has 0 bridgehead atoms. The van der Waals surface area contributed by atoms with Crippen molar-refractivity contribution in [3.05, 3.63) is 0 Å². The van der Waals surface area contributed by atoms with Crippen molar-refractivity contribution in [2.24, 2.45) is 11.8 Å². The van der Waals surface area contributed by atoms with E-state index in [0.717, 1.165) is 12.8 Å². The van der Waals surface area contributed by atoms with Crippen LogP contribution in [0.3, 0.4) is 0 Å². The van der Waals surface area contributed by atoms with Crippen molar-refractivity contribution in [3.63, 3.8) is 0 Å². The third-order valence-electron chi connectivity index (χ3n) is 3.31. The van der Waals surface area contributed by atoms with Crippen LogP contribution in [-0.4, -0.2) is 25.8 Å². The third-order valence-corrected chi connectivity index (χ3v) is 5.50. The Bertz CT molecular complexity index is 274. The Labute approximate surface area is 98.3 Å². The summed E-state index contributed by atoms with van der Waals surface area (Å²) in [6, 6.07) is 0. The van der Waals surface area contributed by atoms with Gasteiger partial charge in [0, 0.05) is 5.88 Å². The summed E-state index contributed by atoms with van der Waals surface area (Å²) >= 11 is 5.92. The highest BCUT2D eigenvalue weighted by molar-refractivity contribution is 7.91. The Hall–Kier alpha value is 0.240. The summed E-state index contributed by atoms with van der Waals surface area (Å²) in [5, 5.41) is 0. The van der Waals surface area contributed by atoms with Crippen molar-refractivity contribution in [2.45, 2.75) is 39.0 Å². The lowest BCUT2D eigenvalue weighted by Crippen LogP contribution is -2.18. The minimum Gasteiger partial charge on any atom is -0.229 e. The summed E-state index contributed by atoms with van der Waals surface area (Å²) in [5.74, 6) is 2.10. The van der Waals surface area contributed by atoms with Crippen LogP contribution in [0.25, 0.3) is 0 Å². The Morgan fingerprint density at radius 1 is 1.40 bits per heavy atom. The van der Waals surface area contributed by atoms with Crippen molar-refractivity contribution in [1.29, 1.82) is 0 Å². The smallest absolute Gasteiger partial charge is 0.150 e. The van der Waals surface area contributed by atoms with Gasteiger partial charge in [-0.15, -0.1) is 11.6 Å². The first-order valence-electron chi connectivity index (χ1n) is 5.85. The first-order valence-corrected chi connectivity index (χ1v) is 8.21. The van der Waals surface area contributed by atoms with Crippen molar-refractivity contribution < 1.29 is 8.42 Å². The molecule has 0 radical (unpaired) electrons. The van der Waals surface area contributed by atoms with E-state index in [1.165, 1.54) is 19.3 Å². The van der Waals surface area contributed by atoms with E-state index in [1.54, 1.807) is 0 Å². The predicted molar refractivity (Wildman–Crippen MR) is 65.1 cm³/mol. The maximum Gasteiger partial charge on any atom is 0.150 e. The minimum atomic E-state index is -2.74. The Balaban J connectivity index is 2.39. The van der Waals surface area contributed by atoms with Crippen LogP contribution in [0.1, 0.15) is 39.0 Å². The van der Waals surface area contributed by atoms with E-state index in [0.29, 0.717) is 29.2 Å². The number of alkyl halides is 1. The number of sulfone groups is 1. The van der Waals surface area contributed by atoms with Gasteiger partial charge in [-0.2, -0.15) is 0 Å². The molecule has 1 heterocycles. The monoisotopic (exact) mass is 252 g/mol. The fourth-order valence-electron chi connectivity index (χ4n) is 2.29. The lowest BCUT2D eigenvalue weighted by Gasteiger charge is -2.19. The lowest BCUT2D eigenvalue weighted by molar-refractivity contribution is 0.363. The number of unbranched alkanes of at least 4 members (excludes halogenated alkanes) is 2. The largest absolute Gasteiger partial charge is 0.229 e. The van der Waals surface area contributed by atoms with Crippen LogP contribution in [0.2, 0.25) is 0 Å². The van der Waals surface area contributed by atoms with Crippen LogP contribution in [0.15, 0.2) is 0 Å². The second-order valence-corrected chi connectivity index (χ2v) is 7.11. The average Bonchev–Trinajstić information content (AvgIpc) is 2.54. The molecule has 4 heteroatoms. The third kappa shape index (κ3) is 4.31. The molecule has 2 atom stereocenters. The molecule has 1 aliphatic heterocycles. The van der Waals surface area contributed by atoms with Crippen LogP contribution < -0.4 is 0 Å². The summed E-state index contributed by atoms with van der Waals surface area (Å²) in [7, 11) is -2.74. The van der Waals surface area contributed by atoms with Gasteiger partial charge in [-0.1, -0.05) is 26.2 Å². The zero-order chi connectivity index (χ0) is 11.3. The van der Waals surface area contributed by atoms with E-state index in [9.17, 15) is 8.42 Å². The normalized spacial score (nSPS) is 26.7. The topological polar surface area (TPSA) is 34.1 Å². The highest BCUT2D eigenvalue weighted by atomic mass is 35.5. The molecule has 2 nitrogen and oxygen atoms in total. The molecule has 1 saturated heterocycles. The second kappa shape index (κ2) is 6.09. The standard InChI is InChI=1S/C11H21ClO2S/c1-2-3-4-5-10(8-12)11-6-7-15(13,14)9-11/h10-11H,2-9H2,1H3. The molecular weight excluding hydrogens is 232 g/mol. The van der Waals surface area contributed by atoms with Gasteiger partial charge in [-0.25, -0.2) is 8.42 Å². The quantitative estimate of drug-likeness (QED) is 0.538. The van der Waals surface area contributed by atoms with Gasteiger partial charge in [-0.3, -0.25) is 0 Å². The van der Waals surface area contributed by atoms with Gasteiger partial charge in [-0.05, 0) is 24.7 Å². The molecular formula is C11H21ClO2S. The van der Waals surface area contributed by atoms with Gasteiger partial charge in [0.15, 0.2) is 9.84 Å². The van der Waals surface area contributed by atoms with E-state index < -0.39 is 9.84 Å². The highest BCUT2D eigenvalue weighted by Gasteiger charge is 2.32. The van der Waals surface area contributed by atoms with E-state index in [-0.39, 0.29) is 0 Å². The van der Waals surface area contributed by atoms with E-state index in [1.807, 2.05) is 0 Å². The van der Waals surface area contributed by atoms with Crippen LogP contribution >= 0.6 is 11.6 Å². The summed E-state index contributed by atoms with van der Waals surface area (Å²) in [6.45, 7) is 2.18. The number of hydrogen-bond donors (Lipinski definition) is 0. The molecule has 90 valence electrons. The molecule has 0 spiro atoms. The summed E-state index contributed by atoms with van der Waals surface area (Å²) in [4.78, 5) is 0. The lowest BCUT2D eigenvalue weighted by atomic mass is 9.89.